The lowest BCUT2D eigenvalue weighted by molar-refractivity contribution is -0.143. The molecule has 0 spiro atoms. The number of aromatic nitrogens is 2. The van der Waals surface area contributed by atoms with Gasteiger partial charge in [0.2, 0.25) is 0 Å². The number of anilines is 1. The van der Waals surface area contributed by atoms with Gasteiger partial charge in [-0.3, -0.25) is 9.78 Å². The molecule has 17 heavy (non-hydrogen) atoms. The van der Waals surface area contributed by atoms with Crippen molar-refractivity contribution in [2.45, 2.75) is 20.8 Å². The van der Waals surface area contributed by atoms with Gasteiger partial charge < -0.3 is 10.0 Å². The fraction of sp³-hybridized carbons (Fsp3) is 0.583. The van der Waals surface area contributed by atoms with Crippen molar-refractivity contribution in [3.8, 4) is 0 Å². The van der Waals surface area contributed by atoms with Crippen molar-refractivity contribution >= 4 is 11.8 Å². The zero-order valence-corrected chi connectivity index (χ0v) is 10.3. The van der Waals surface area contributed by atoms with E-state index in [4.69, 9.17) is 5.11 Å². The SMILES string of the molecule is Cc1cnc(C)c(N2CC(C(C)C(=O)O)C2)n1. The van der Waals surface area contributed by atoms with Crippen molar-refractivity contribution in [2.75, 3.05) is 18.0 Å². The predicted molar refractivity (Wildman–Crippen MR) is 64.0 cm³/mol. The highest BCUT2D eigenvalue weighted by molar-refractivity contribution is 5.70. The Kier molecular flexibility index (Phi) is 3.00. The molecule has 0 radical (unpaired) electrons. The van der Waals surface area contributed by atoms with E-state index < -0.39 is 5.97 Å². The second-order valence-electron chi connectivity index (χ2n) is 4.71. The van der Waals surface area contributed by atoms with Crippen LogP contribution in [0.3, 0.4) is 0 Å². The van der Waals surface area contributed by atoms with Gasteiger partial charge in [0.25, 0.3) is 0 Å². The Balaban J connectivity index is 2.04. The molecule has 2 heterocycles. The van der Waals surface area contributed by atoms with Crippen LogP contribution in [0, 0.1) is 25.7 Å². The van der Waals surface area contributed by atoms with E-state index in [9.17, 15) is 4.79 Å². The highest BCUT2D eigenvalue weighted by atomic mass is 16.4. The standard InChI is InChI=1S/C12H17N3O2/c1-7-4-13-9(3)11(14-7)15-5-10(6-15)8(2)12(16)17/h4,8,10H,5-6H2,1-3H3,(H,16,17). The van der Waals surface area contributed by atoms with E-state index in [2.05, 4.69) is 14.9 Å². The van der Waals surface area contributed by atoms with Gasteiger partial charge in [0.05, 0.1) is 17.3 Å². The Labute approximate surface area is 100 Å². The number of carbonyl (C=O) groups is 1. The molecule has 2 rings (SSSR count). The Bertz CT molecular complexity index is 441. The average molecular weight is 235 g/mol. The van der Waals surface area contributed by atoms with E-state index in [-0.39, 0.29) is 11.8 Å². The lowest BCUT2D eigenvalue weighted by Gasteiger charge is -2.42. The Morgan fingerprint density at radius 2 is 2.18 bits per heavy atom. The minimum Gasteiger partial charge on any atom is -0.481 e. The zero-order valence-electron chi connectivity index (χ0n) is 10.3. The second-order valence-corrected chi connectivity index (χ2v) is 4.71. The van der Waals surface area contributed by atoms with E-state index in [1.165, 1.54) is 0 Å². The summed E-state index contributed by atoms with van der Waals surface area (Å²) in [5, 5.41) is 8.93. The van der Waals surface area contributed by atoms with Crippen molar-refractivity contribution in [2.24, 2.45) is 11.8 Å². The molecule has 92 valence electrons. The van der Waals surface area contributed by atoms with Gasteiger partial charge in [0, 0.05) is 25.2 Å². The molecule has 0 bridgehead atoms. The summed E-state index contributed by atoms with van der Waals surface area (Å²) < 4.78 is 0. The summed E-state index contributed by atoms with van der Waals surface area (Å²) in [7, 11) is 0. The molecule has 1 unspecified atom stereocenters. The van der Waals surface area contributed by atoms with Crippen LogP contribution < -0.4 is 4.90 Å². The van der Waals surface area contributed by atoms with Crippen molar-refractivity contribution in [3.05, 3.63) is 17.6 Å². The van der Waals surface area contributed by atoms with Crippen LogP contribution in [-0.4, -0.2) is 34.1 Å². The average Bonchev–Trinajstić information content (AvgIpc) is 2.20. The molecule has 0 aromatic carbocycles. The summed E-state index contributed by atoms with van der Waals surface area (Å²) >= 11 is 0. The number of aliphatic carboxylic acids is 1. The molecule has 0 aliphatic carbocycles. The van der Waals surface area contributed by atoms with Crippen molar-refractivity contribution in [3.63, 3.8) is 0 Å². The van der Waals surface area contributed by atoms with E-state index in [0.717, 1.165) is 30.3 Å². The monoisotopic (exact) mass is 235 g/mol. The highest BCUT2D eigenvalue weighted by Gasteiger charge is 2.36. The number of rotatable bonds is 3. The molecule has 1 fully saturated rings. The summed E-state index contributed by atoms with van der Waals surface area (Å²) in [6.07, 6.45) is 1.75. The van der Waals surface area contributed by atoms with Gasteiger partial charge in [0.15, 0.2) is 0 Å². The van der Waals surface area contributed by atoms with E-state index in [1.807, 2.05) is 13.8 Å². The van der Waals surface area contributed by atoms with Crippen LogP contribution >= 0.6 is 0 Å². The van der Waals surface area contributed by atoms with Gasteiger partial charge in [-0.1, -0.05) is 6.92 Å². The minimum absolute atomic E-state index is 0.217. The van der Waals surface area contributed by atoms with Crippen molar-refractivity contribution < 1.29 is 9.90 Å². The number of hydrogen-bond acceptors (Lipinski definition) is 4. The normalized spacial score (nSPS) is 17.7. The van der Waals surface area contributed by atoms with Crippen LogP contribution in [0.15, 0.2) is 6.20 Å². The minimum atomic E-state index is -0.721. The second kappa shape index (κ2) is 4.31. The third kappa shape index (κ3) is 2.23. The number of aryl methyl sites for hydroxylation is 2. The maximum Gasteiger partial charge on any atom is 0.306 e. The van der Waals surface area contributed by atoms with Gasteiger partial charge in [-0.15, -0.1) is 0 Å². The Morgan fingerprint density at radius 1 is 1.53 bits per heavy atom. The fourth-order valence-electron chi connectivity index (χ4n) is 2.03. The first-order chi connectivity index (χ1) is 7.99. The highest BCUT2D eigenvalue weighted by Crippen LogP contribution is 2.29. The molecule has 1 N–H and O–H groups in total. The molecule has 1 aromatic heterocycles. The Morgan fingerprint density at radius 3 is 2.76 bits per heavy atom. The molecule has 5 nitrogen and oxygen atoms in total. The maximum absolute atomic E-state index is 10.9. The van der Waals surface area contributed by atoms with Crippen LogP contribution in [0.25, 0.3) is 0 Å². The lowest BCUT2D eigenvalue weighted by Crippen LogP contribution is -2.51. The smallest absolute Gasteiger partial charge is 0.306 e. The maximum atomic E-state index is 10.9. The topological polar surface area (TPSA) is 66.3 Å². The van der Waals surface area contributed by atoms with Crippen LogP contribution in [-0.2, 0) is 4.79 Å². The first kappa shape index (κ1) is 11.8. The molecule has 1 saturated heterocycles. The zero-order chi connectivity index (χ0) is 12.6. The molecule has 0 amide bonds. The van der Waals surface area contributed by atoms with Crippen molar-refractivity contribution in [1.29, 1.82) is 0 Å². The Hall–Kier alpha value is -1.65. The molecule has 1 aromatic rings. The summed E-state index contributed by atoms with van der Waals surface area (Å²) in [5.74, 6) is 0.0964. The molecule has 0 saturated carbocycles. The molecule has 5 heteroatoms. The van der Waals surface area contributed by atoms with Crippen LogP contribution in [0.5, 0.6) is 0 Å². The quantitative estimate of drug-likeness (QED) is 0.854. The summed E-state index contributed by atoms with van der Waals surface area (Å²) in [4.78, 5) is 21.7. The summed E-state index contributed by atoms with van der Waals surface area (Å²) in [5.41, 5.74) is 1.79. The van der Waals surface area contributed by atoms with Gasteiger partial charge >= 0.3 is 5.97 Å². The fourth-order valence-corrected chi connectivity index (χ4v) is 2.03. The number of carboxylic acid groups (broad SMARTS) is 1. The first-order valence-corrected chi connectivity index (χ1v) is 5.77. The van der Waals surface area contributed by atoms with E-state index in [1.54, 1.807) is 13.1 Å². The summed E-state index contributed by atoms with van der Waals surface area (Å²) in [6.45, 7) is 7.11. The largest absolute Gasteiger partial charge is 0.481 e. The molecule has 1 atom stereocenters. The van der Waals surface area contributed by atoms with Crippen LogP contribution in [0.2, 0.25) is 0 Å². The number of hydrogen-bond donors (Lipinski definition) is 1. The molecule has 1 aliphatic heterocycles. The predicted octanol–water partition coefficient (Wildman–Crippen LogP) is 1.25. The molecule has 1 aliphatic rings. The van der Waals surface area contributed by atoms with Gasteiger partial charge in [0.1, 0.15) is 5.82 Å². The van der Waals surface area contributed by atoms with Gasteiger partial charge in [-0.2, -0.15) is 0 Å². The first-order valence-electron chi connectivity index (χ1n) is 5.77. The van der Waals surface area contributed by atoms with Gasteiger partial charge in [-0.05, 0) is 13.8 Å². The lowest BCUT2D eigenvalue weighted by atomic mass is 9.87. The van der Waals surface area contributed by atoms with E-state index >= 15 is 0 Å². The van der Waals surface area contributed by atoms with Crippen LogP contribution in [0.1, 0.15) is 18.3 Å². The third-order valence-corrected chi connectivity index (χ3v) is 3.36. The summed E-state index contributed by atoms with van der Waals surface area (Å²) in [6, 6.07) is 0. The number of carboxylic acids is 1. The van der Waals surface area contributed by atoms with E-state index in [0.29, 0.717) is 0 Å². The van der Waals surface area contributed by atoms with Crippen LogP contribution in [0.4, 0.5) is 5.82 Å². The molecular formula is C12H17N3O2. The number of nitrogens with zero attached hydrogens (tertiary/aromatic N) is 3. The van der Waals surface area contributed by atoms with Gasteiger partial charge in [-0.25, -0.2) is 4.98 Å². The third-order valence-electron chi connectivity index (χ3n) is 3.36. The van der Waals surface area contributed by atoms with Crippen molar-refractivity contribution in [1.82, 2.24) is 9.97 Å². The molecular weight excluding hydrogens is 218 g/mol.